The monoisotopic (exact) mass is 329 g/mol. The summed E-state index contributed by atoms with van der Waals surface area (Å²) in [6, 6.07) is 6.14. The smallest absolute Gasteiger partial charge is 0.119 e. The molecule has 0 heterocycles. The molecule has 0 saturated heterocycles. The van der Waals surface area contributed by atoms with Crippen LogP contribution in [-0.4, -0.2) is 26.9 Å². The van der Waals surface area contributed by atoms with Crippen LogP contribution in [0.1, 0.15) is 25.8 Å². The van der Waals surface area contributed by atoms with Gasteiger partial charge in [-0.3, -0.25) is 0 Å². The summed E-state index contributed by atoms with van der Waals surface area (Å²) in [5.41, 5.74) is 1.21. The number of hydrogen-bond donors (Lipinski definition) is 1. The van der Waals surface area contributed by atoms with Crippen molar-refractivity contribution in [3.63, 3.8) is 0 Å². The van der Waals surface area contributed by atoms with Crippen molar-refractivity contribution in [2.45, 2.75) is 26.8 Å². The molecule has 3 nitrogen and oxygen atoms in total. The van der Waals surface area contributed by atoms with Gasteiger partial charge in [0.1, 0.15) is 5.75 Å². The first-order chi connectivity index (χ1) is 9.17. The topological polar surface area (TPSA) is 30.5 Å². The fraction of sp³-hybridized carbons (Fsp3) is 0.600. The molecule has 0 saturated carbocycles. The van der Waals surface area contributed by atoms with E-state index >= 15 is 0 Å². The first kappa shape index (κ1) is 16.5. The fourth-order valence-corrected chi connectivity index (χ4v) is 1.92. The summed E-state index contributed by atoms with van der Waals surface area (Å²) in [6.45, 7) is 7.54. The molecule has 1 N–H and O–H groups in total. The Bertz CT molecular complexity index is 371. The highest BCUT2D eigenvalue weighted by molar-refractivity contribution is 9.10. The van der Waals surface area contributed by atoms with E-state index in [9.17, 15) is 0 Å². The largest absolute Gasteiger partial charge is 0.493 e. The Labute approximate surface area is 124 Å². The molecule has 0 aliphatic rings. The highest BCUT2D eigenvalue weighted by Gasteiger charge is 2.04. The Morgan fingerprint density at radius 1 is 1.37 bits per heavy atom. The molecule has 4 heteroatoms. The number of nitrogens with one attached hydrogen (secondary N) is 1. The first-order valence-corrected chi connectivity index (χ1v) is 7.57. The van der Waals surface area contributed by atoms with E-state index in [2.05, 4.69) is 41.2 Å². The number of halogens is 1. The van der Waals surface area contributed by atoms with E-state index in [1.165, 1.54) is 5.56 Å². The number of ether oxygens (including phenoxy) is 2. The third-order valence-electron chi connectivity index (χ3n) is 3.05. The van der Waals surface area contributed by atoms with Gasteiger partial charge < -0.3 is 14.8 Å². The van der Waals surface area contributed by atoms with Crippen LogP contribution >= 0.6 is 15.9 Å². The predicted octanol–water partition coefficient (Wildman–Crippen LogP) is 3.61. The van der Waals surface area contributed by atoms with Gasteiger partial charge in [-0.05, 0) is 29.7 Å². The summed E-state index contributed by atoms with van der Waals surface area (Å²) in [5.74, 6) is 1.53. The van der Waals surface area contributed by atoms with E-state index in [0.717, 1.165) is 42.9 Å². The zero-order valence-corrected chi connectivity index (χ0v) is 13.6. The van der Waals surface area contributed by atoms with Crippen LogP contribution in [0.3, 0.4) is 0 Å². The molecule has 0 bridgehead atoms. The molecule has 19 heavy (non-hydrogen) atoms. The van der Waals surface area contributed by atoms with Gasteiger partial charge in [-0.2, -0.15) is 0 Å². The molecule has 0 amide bonds. The normalized spacial score (nSPS) is 12.4. The molecule has 1 aromatic carbocycles. The van der Waals surface area contributed by atoms with Crippen LogP contribution in [0.4, 0.5) is 0 Å². The van der Waals surface area contributed by atoms with Gasteiger partial charge in [-0.1, -0.05) is 36.2 Å². The summed E-state index contributed by atoms with van der Waals surface area (Å²) in [4.78, 5) is 0. The van der Waals surface area contributed by atoms with Crippen molar-refractivity contribution >= 4 is 15.9 Å². The zero-order chi connectivity index (χ0) is 14.1. The summed E-state index contributed by atoms with van der Waals surface area (Å²) in [7, 11) is 1.71. The van der Waals surface area contributed by atoms with Gasteiger partial charge in [0.15, 0.2) is 0 Å². The quantitative estimate of drug-likeness (QED) is 0.702. The van der Waals surface area contributed by atoms with Crippen molar-refractivity contribution in [2.24, 2.45) is 5.92 Å². The Hall–Kier alpha value is -0.580. The first-order valence-electron chi connectivity index (χ1n) is 6.78. The molecule has 1 rings (SSSR count). The Morgan fingerprint density at radius 3 is 2.84 bits per heavy atom. The summed E-state index contributed by atoms with van der Waals surface area (Å²) in [6.07, 6.45) is 1.14. The van der Waals surface area contributed by atoms with E-state index in [0.29, 0.717) is 5.92 Å². The second kappa shape index (κ2) is 9.34. The highest BCUT2D eigenvalue weighted by atomic mass is 79.9. The molecular weight excluding hydrogens is 306 g/mol. The van der Waals surface area contributed by atoms with Crippen molar-refractivity contribution < 1.29 is 9.47 Å². The lowest BCUT2D eigenvalue weighted by Crippen LogP contribution is -2.18. The third-order valence-corrected chi connectivity index (χ3v) is 3.82. The van der Waals surface area contributed by atoms with Crippen molar-refractivity contribution in [1.29, 1.82) is 0 Å². The van der Waals surface area contributed by atoms with Crippen LogP contribution < -0.4 is 10.1 Å². The Balaban J connectivity index is 2.51. The maximum atomic E-state index is 5.81. The van der Waals surface area contributed by atoms with E-state index in [-0.39, 0.29) is 0 Å². The van der Waals surface area contributed by atoms with Crippen molar-refractivity contribution in [1.82, 2.24) is 5.32 Å². The van der Waals surface area contributed by atoms with Gasteiger partial charge in [-0.15, -0.1) is 0 Å². The summed E-state index contributed by atoms with van der Waals surface area (Å²) < 4.78 is 11.9. The van der Waals surface area contributed by atoms with Crippen molar-refractivity contribution in [3.8, 4) is 5.75 Å². The number of methoxy groups -OCH3 is 1. The molecule has 0 fully saturated rings. The molecule has 0 aliphatic heterocycles. The fourth-order valence-electron chi connectivity index (χ4n) is 1.53. The van der Waals surface area contributed by atoms with Crippen LogP contribution in [0.2, 0.25) is 0 Å². The van der Waals surface area contributed by atoms with Crippen LogP contribution in [0, 0.1) is 5.92 Å². The van der Waals surface area contributed by atoms with E-state index in [1.807, 2.05) is 12.1 Å². The van der Waals surface area contributed by atoms with Crippen molar-refractivity contribution in [2.75, 3.05) is 26.9 Å². The van der Waals surface area contributed by atoms with Gasteiger partial charge >= 0.3 is 0 Å². The molecule has 108 valence electrons. The molecule has 0 spiro atoms. The maximum Gasteiger partial charge on any atom is 0.119 e. The van der Waals surface area contributed by atoms with Gasteiger partial charge in [0.2, 0.25) is 0 Å². The molecule has 0 radical (unpaired) electrons. The van der Waals surface area contributed by atoms with Crippen LogP contribution in [-0.2, 0) is 11.3 Å². The van der Waals surface area contributed by atoms with E-state index < -0.39 is 0 Å². The Morgan fingerprint density at radius 2 is 2.16 bits per heavy atom. The molecule has 1 aromatic rings. The molecular formula is C15H24BrNO2. The average Bonchev–Trinajstić information content (AvgIpc) is 2.43. The second-order valence-corrected chi connectivity index (χ2v) is 5.60. The van der Waals surface area contributed by atoms with Crippen LogP contribution in [0.5, 0.6) is 5.75 Å². The Kier molecular flexibility index (Phi) is 8.10. The lowest BCUT2D eigenvalue weighted by molar-refractivity contribution is 0.199. The van der Waals surface area contributed by atoms with E-state index in [1.54, 1.807) is 7.11 Å². The summed E-state index contributed by atoms with van der Waals surface area (Å²) >= 11 is 3.57. The number of hydrogen-bond acceptors (Lipinski definition) is 3. The summed E-state index contributed by atoms with van der Waals surface area (Å²) in [5, 5.41) is 3.34. The average molecular weight is 330 g/mol. The lowest BCUT2D eigenvalue weighted by Gasteiger charge is -2.13. The standard InChI is InChI=1S/C15H24BrNO2/c1-4-12(2)11-19-14-5-6-15(16)13(9-14)10-17-7-8-18-3/h5-6,9,12,17H,4,7-8,10-11H2,1-3H3. The minimum Gasteiger partial charge on any atom is -0.493 e. The SMILES string of the molecule is CCC(C)COc1ccc(Br)c(CNCCOC)c1. The third kappa shape index (κ3) is 6.41. The van der Waals surface area contributed by atoms with Crippen LogP contribution in [0.15, 0.2) is 22.7 Å². The molecule has 0 aliphatic carbocycles. The van der Waals surface area contributed by atoms with Gasteiger partial charge in [0, 0.05) is 24.7 Å². The molecule has 1 unspecified atom stereocenters. The predicted molar refractivity (Wildman–Crippen MR) is 82.7 cm³/mol. The van der Waals surface area contributed by atoms with Crippen LogP contribution in [0.25, 0.3) is 0 Å². The van der Waals surface area contributed by atoms with E-state index in [4.69, 9.17) is 9.47 Å². The maximum absolute atomic E-state index is 5.81. The van der Waals surface area contributed by atoms with Gasteiger partial charge in [0.05, 0.1) is 13.2 Å². The number of benzene rings is 1. The molecule has 0 aromatic heterocycles. The van der Waals surface area contributed by atoms with Gasteiger partial charge in [-0.25, -0.2) is 0 Å². The second-order valence-electron chi connectivity index (χ2n) is 4.75. The number of rotatable bonds is 9. The van der Waals surface area contributed by atoms with Gasteiger partial charge in [0.25, 0.3) is 0 Å². The lowest BCUT2D eigenvalue weighted by atomic mass is 10.1. The minimum absolute atomic E-state index is 0.590. The minimum atomic E-state index is 0.590. The van der Waals surface area contributed by atoms with Crippen molar-refractivity contribution in [3.05, 3.63) is 28.2 Å². The molecule has 1 atom stereocenters. The highest BCUT2D eigenvalue weighted by Crippen LogP contribution is 2.23. The zero-order valence-electron chi connectivity index (χ0n) is 12.0.